The largest absolute Gasteiger partial charge is 0.437 e. The van der Waals surface area contributed by atoms with E-state index in [4.69, 9.17) is 4.74 Å². The Bertz CT molecular complexity index is 514. The molecule has 0 saturated heterocycles. The van der Waals surface area contributed by atoms with Gasteiger partial charge in [0.15, 0.2) is 0 Å². The molecule has 0 aliphatic rings. The van der Waals surface area contributed by atoms with Gasteiger partial charge in [-0.15, -0.1) is 0 Å². The maximum absolute atomic E-state index is 9.21. The van der Waals surface area contributed by atoms with Gasteiger partial charge in [0, 0.05) is 21.9 Å². The third-order valence-electron chi connectivity index (χ3n) is 2.16. The lowest BCUT2D eigenvalue weighted by Crippen LogP contribution is -1.95. The monoisotopic (exact) mass is 294 g/mol. The molecular weight excluding hydrogens is 284 g/mol. The molecule has 0 atom stereocenters. The van der Waals surface area contributed by atoms with Crippen LogP contribution in [-0.2, 0) is 6.61 Å². The molecule has 1 N–H and O–H groups in total. The second-order valence-electron chi connectivity index (χ2n) is 3.51. The summed E-state index contributed by atoms with van der Waals surface area (Å²) >= 11 is 3.29. The second kappa shape index (κ2) is 5.25. The van der Waals surface area contributed by atoms with Crippen molar-refractivity contribution < 1.29 is 9.84 Å². The second-order valence-corrected chi connectivity index (χ2v) is 4.43. The van der Waals surface area contributed by atoms with Crippen LogP contribution in [0.1, 0.15) is 11.3 Å². The lowest BCUT2D eigenvalue weighted by molar-refractivity contribution is 0.275. The predicted octanol–water partition coefficient (Wildman–Crippen LogP) is 2.83. The first-order valence-electron chi connectivity index (χ1n) is 5.05. The molecule has 0 aliphatic carbocycles. The summed E-state index contributed by atoms with van der Waals surface area (Å²) in [5.74, 6) is 0.987. The first kappa shape index (κ1) is 12.0. The number of halogens is 1. The van der Waals surface area contributed by atoms with Crippen LogP contribution in [0.3, 0.4) is 0 Å². The molecule has 2 aromatic heterocycles. The van der Waals surface area contributed by atoms with E-state index >= 15 is 0 Å². The quantitative estimate of drug-likeness (QED) is 0.946. The molecule has 0 aliphatic heterocycles. The number of aliphatic hydroxyl groups excluding tert-OH is 1. The summed E-state index contributed by atoms with van der Waals surface area (Å²) in [6, 6.07) is 5.43. The predicted molar refractivity (Wildman–Crippen MR) is 66.9 cm³/mol. The topological polar surface area (TPSA) is 55.2 Å². The van der Waals surface area contributed by atoms with Crippen molar-refractivity contribution in [2.45, 2.75) is 13.5 Å². The average molecular weight is 295 g/mol. The highest BCUT2D eigenvalue weighted by Gasteiger charge is 2.06. The van der Waals surface area contributed by atoms with E-state index in [-0.39, 0.29) is 6.61 Å². The van der Waals surface area contributed by atoms with Gasteiger partial charge in [0.05, 0.1) is 12.8 Å². The molecule has 0 bridgehead atoms. The molecule has 0 amide bonds. The number of pyridine rings is 2. The zero-order chi connectivity index (χ0) is 12.3. The Morgan fingerprint density at radius 2 is 2.12 bits per heavy atom. The summed E-state index contributed by atoms with van der Waals surface area (Å²) in [5.41, 5.74) is 1.54. The molecule has 0 radical (unpaired) electrons. The summed E-state index contributed by atoms with van der Waals surface area (Å²) in [6.45, 7) is 1.78. The van der Waals surface area contributed by atoms with E-state index in [2.05, 4.69) is 25.9 Å². The minimum absolute atomic E-state index is 0.124. The number of aliphatic hydroxyl groups is 1. The van der Waals surface area contributed by atoms with Gasteiger partial charge in [0.25, 0.3) is 0 Å². The van der Waals surface area contributed by atoms with Gasteiger partial charge in [-0.3, -0.25) is 4.98 Å². The Labute approximate surface area is 107 Å². The maximum Gasteiger partial charge on any atom is 0.224 e. The Kier molecular flexibility index (Phi) is 3.71. The SMILES string of the molecule is Cc1ccc(Oc2ncc(Br)cc2CO)cn1. The van der Waals surface area contributed by atoms with Crippen LogP contribution in [0.15, 0.2) is 35.1 Å². The molecule has 88 valence electrons. The minimum atomic E-state index is -0.124. The molecule has 5 heteroatoms. The average Bonchev–Trinajstić information content (AvgIpc) is 2.34. The van der Waals surface area contributed by atoms with Crippen molar-refractivity contribution in [3.63, 3.8) is 0 Å². The Hall–Kier alpha value is -1.46. The molecule has 0 spiro atoms. The minimum Gasteiger partial charge on any atom is -0.437 e. The number of aromatic nitrogens is 2. The highest BCUT2D eigenvalue weighted by atomic mass is 79.9. The number of nitrogens with zero attached hydrogens (tertiary/aromatic N) is 2. The highest BCUT2D eigenvalue weighted by Crippen LogP contribution is 2.25. The molecule has 0 fully saturated rings. The summed E-state index contributed by atoms with van der Waals surface area (Å²) in [6.07, 6.45) is 3.25. The molecule has 0 aromatic carbocycles. The van der Waals surface area contributed by atoms with E-state index < -0.39 is 0 Å². The maximum atomic E-state index is 9.21. The summed E-state index contributed by atoms with van der Waals surface area (Å²) < 4.78 is 6.36. The fourth-order valence-corrected chi connectivity index (χ4v) is 1.68. The van der Waals surface area contributed by atoms with Crippen LogP contribution in [0.5, 0.6) is 11.6 Å². The van der Waals surface area contributed by atoms with Crippen molar-refractivity contribution in [3.8, 4) is 11.6 Å². The normalized spacial score (nSPS) is 10.3. The zero-order valence-corrected chi connectivity index (χ0v) is 10.8. The summed E-state index contributed by atoms with van der Waals surface area (Å²) in [5, 5.41) is 9.21. The Balaban J connectivity index is 2.26. The van der Waals surface area contributed by atoms with Crippen LogP contribution in [0.2, 0.25) is 0 Å². The van der Waals surface area contributed by atoms with Gasteiger partial charge in [-0.05, 0) is 41.1 Å². The Morgan fingerprint density at radius 3 is 2.76 bits per heavy atom. The van der Waals surface area contributed by atoms with Gasteiger partial charge in [0.2, 0.25) is 5.88 Å². The van der Waals surface area contributed by atoms with Crippen LogP contribution in [0.4, 0.5) is 0 Å². The van der Waals surface area contributed by atoms with Crippen LogP contribution in [-0.4, -0.2) is 15.1 Å². The van der Waals surface area contributed by atoms with Gasteiger partial charge in [0.1, 0.15) is 5.75 Å². The number of hydrogen-bond donors (Lipinski definition) is 1. The third-order valence-corrected chi connectivity index (χ3v) is 2.59. The first-order valence-corrected chi connectivity index (χ1v) is 5.84. The fraction of sp³-hybridized carbons (Fsp3) is 0.167. The van der Waals surface area contributed by atoms with Crippen LogP contribution in [0, 0.1) is 6.92 Å². The number of hydrogen-bond acceptors (Lipinski definition) is 4. The number of rotatable bonds is 3. The number of ether oxygens (including phenoxy) is 1. The van der Waals surface area contributed by atoms with Crippen molar-refractivity contribution in [2.75, 3.05) is 0 Å². The summed E-state index contributed by atoms with van der Waals surface area (Å²) in [7, 11) is 0. The van der Waals surface area contributed by atoms with E-state index in [1.165, 1.54) is 0 Å². The smallest absolute Gasteiger partial charge is 0.224 e. The molecular formula is C12H11BrN2O2. The van der Waals surface area contributed by atoms with Gasteiger partial charge in [-0.2, -0.15) is 0 Å². The van der Waals surface area contributed by atoms with Crippen molar-refractivity contribution in [2.24, 2.45) is 0 Å². The standard InChI is InChI=1S/C12H11BrN2O2/c1-8-2-3-11(6-14-8)17-12-9(7-16)4-10(13)5-15-12/h2-6,16H,7H2,1H3. The lowest BCUT2D eigenvalue weighted by atomic mass is 10.3. The summed E-state index contributed by atoms with van der Waals surface area (Å²) in [4.78, 5) is 8.23. The van der Waals surface area contributed by atoms with Crippen LogP contribution < -0.4 is 4.74 Å². The van der Waals surface area contributed by atoms with Gasteiger partial charge < -0.3 is 9.84 Å². The lowest BCUT2D eigenvalue weighted by Gasteiger charge is -2.08. The van der Waals surface area contributed by atoms with E-state index in [1.807, 2.05) is 19.1 Å². The fourth-order valence-electron chi connectivity index (χ4n) is 1.30. The van der Waals surface area contributed by atoms with Gasteiger partial charge >= 0.3 is 0 Å². The van der Waals surface area contributed by atoms with Crippen LogP contribution in [0.25, 0.3) is 0 Å². The van der Waals surface area contributed by atoms with E-state index in [0.717, 1.165) is 10.2 Å². The molecule has 4 nitrogen and oxygen atoms in total. The molecule has 17 heavy (non-hydrogen) atoms. The third kappa shape index (κ3) is 3.01. The van der Waals surface area contributed by atoms with Crippen molar-refractivity contribution >= 4 is 15.9 Å². The van der Waals surface area contributed by atoms with Crippen molar-refractivity contribution in [1.29, 1.82) is 0 Å². The molecule has 0 saturated carbocycles. The van der Waals surface area contributed by atoms with E-state index in [9.17, 15) is 5.11 Å². The van der Waals surface area contributed by atoms with Crippen molar-refractivity contribution in [1.82, 2.24) is 9.97 Å². The molecule has 2 rings (SSSR count). The van der Waals surface area contributed by atoms with Gasteiger partial charge in [-0.1, -0.05) is 0 Å². The van der Waals surface area contributed by atoms with E-state index in [1.54, 1.807) is 18.5 Å². The zero-order valence-electron chi connectivity index (χ0n) is 9.22. The molecule has 0 unspecified atom stereocenters. The first-order chi connectivity index (χ1) is 8.19. The van der Waals surface area contributed by atoms with Crippen molar-refractivity contribution in [3.05, 3.63) is 46.3 Å². The highest BCUT2D eigenvalue weighted by molar-refractivity contribution is 9.10. The van der Waals surface area contributed by atoms with Gasteiger partial charge in [-0.25, -0.2) is 4.98 Å². The van der Waals surface area contributed by atoms with E-state index in [0.29, 0.717) is 17.2 Å². The molecule has 2 heterocycles. The molecule has 2 aromatic rings. The Morgan fingerprint density at radius 1 is 1.29 bits per heavy atom. The van der Waals surface area contributed by atoms with Crippen LogP contribution >= 0.6 is 15.9 Å². The number of aryl methyl sites for hydroxylation is 1.